The Morgan fingerprint density at radius 3 is 2.29 bits per heavy atom. The maximum atomic E-state index is 13.2. The lowest BCUT2D eigenvalue weighted by molar-refractivity contribution is -0.156. The van der Waals surface area contributed by atoms with Crippen LogP contribution in [0.25, 0.3) is 0 Å². The SMILES string of the molecule is O=C(OCc1ccccc1)C1CCCN1C(=O)CC12CC3CC(CC(C3)C1)C2. The van der Waals surface area contributed by atoms with E-state index in [-0.39, 0.29) is 29.9 Å². The molecule has 4 aliphatic carbocycles. The van der Waals surface area contributed by atoms with Gasteiger partial charge in [-0.05, 0) is 80.1 Å². The number of amides is 1. The lowest BCUT2D eigenvalue weighted by atomic mass is 9.49. The number of hydrogen-bond donors (Lipinski definition) is 0. The summed E-state index contributed by atoms with van der Waals surface area (Å²) in [4.78, 5) is 27.8. The molecule has 0 aromatic heterocycles. The van der Waals surface area contributed by atoms with Gasteiger partial charge < -0.3 is 9.64 Å². The Balaban J connectivity index is 1.21. The molecular weight excluding hydrogens is 350 g/mol. The minimum atomic E-state index is -0.384. The number of likely N-dealkylation sites (tertiary alicyclic amines) is 1. The third kappa shape index (κ3) is 3.46. The van der Waals surface area contributed by atoms with E-state index < -0.39 is 0 Å². The van der Waals surface area contributed by atoms with E-state index in [0.717, 1.165) is 36.2 Å². The third-order valence-electron chi connectivity index (χ3n) is 7.76. The first kappa shape index (κ1) is 18.2. The lowest BCUT2D eigenvalue weighted by Crippen LogP contribution is -2.49. The Morgan fingerprint density at radius 1 is 1.00 bits per heavy atom. The average Bonchev–Trinajstić information content (AvgIpc) is 3.16. The second kappa shape index (κ2) is 7.20. The maximum Gasteiger partial charge on any atom is 0.329 e. The molecule has 5 aliphatic rings. The minimum absolute atomic E-state index is 0.195. The highest BCUT2D eigenvalue weighted by molar-refractivity contribution is 5.85. The van der Waals surface area contributed by atoms with Gasteiger partial charge in [0.15, 0.2) is 0 Å². The first-order chi connectivity index (χ1) is 13.6. The van der Waals surface area contributed by atoms with Crippen LogP contribution in [0.15, 0.2) is 30.3 Å². The molecule has 6 rings (SSSR count). The largest absolute Gasteiger partial charge is 0.459 e. The van der Waals surface area contributed by atoms with Crippen LogP contribution in [0.2, 0.25) is 0 Å². The summed E-state index contributed by atoms with van der Waals surface area (Å²) in [6, 6.07) is 9.37. The van der Waals surface area contributed by atoms with Crippen LogP contribution < -0.4 is 0 Å². The minimum Gasteiger partial charge on any atom is -0.459 e. The zero-order valence-electron chi connectivity index (χ0n) is 16.6. The predicted molar refractivity (Wildman–Crippen MR) is 106 cm³/mol. The molecule has 28 heavy (non-hydrogen) atoms. The van der Waals surface area contributed by atoms with E-state index in [9.17, 15) is 9.59 Å². The average molecular weight is 382 g/mol. The van der Waals surface area contributed by atoms with Crippen LogP contribution in [0.1, 0.15) is 63.4 Å². The molecule has 1 heterocycles. The molecule has 1 aromatic carbocycles. The Kier molecular flexibility index (Phi) is 4.68. The van der Waals surface area contributed by atoms with Gasteiger partial charge in [-0.2, -0.15) is 0 Å². The monoisotopic (exact) mass is 381 g/mol. The number of carbonyl (C=O) groups excluding carboxylic acids is 2. The van der Waals surface area contributed by atoms with Crippen LogP contribution in [0, 0.1) is 23.2 Å². The standard InChI is InChI=1S/C24H31NO3/c26-22(15-24-12-18-9-19(13-24)11-20(10-18)14-24)25-8-4-7-21(25)23(27)28-16-17-5-2-1-3-6-17/h1-3,5-6,18-21H,4,7-16H2. The molecule has 1 atom stereocenters. The molecule has 1 saturated heterocycles. The number of hydrogen-bond acceptors (Lipinski definition) is 3. The van der Waals surface area contributed by atoms with E-state index in [1.165, 1.54) is 38.5 Å². The van der Waals surface area contributed by atoms with Crippen molar-refractivity contribution in [1.29, 1.82) is 0 Å². The van der Waals surface area contributed by atoms with Gasteiger partial charge in [0, 0.05) is 13.0 Å². The van der Waals surface area contributed by atoms with Crippen molar-refractivity contribution in [2.24, 2.45) is 23.2 Å². The van der Waals surface area contributed by atoms with Gasteiger partial charge in [0.1, 0.15) is 12.6 Å². The van der Waals surface area contributed by atoms with Gasteiger partial charge >= 0.3 is 5.97 Å². The van der Waals surface area contributed by atoms with Crippen molar-refractivity contribution < 1.29 is 14.3 Å². The van der Waals surface area contributed by atoms with Gasteiger partial charge in [0.2, 0.25) is 5.91 Å². The first-order valence-corrected chi connectivity index (χ1v) is 11.1. The molecule has 4 bridgehead atoms. The van der Waals surface area contributed by atoms with Crippen LogP contribution in [-0.2, 0) is 20.9 Å². The van der Waals surface area contributed by atoms with Gasteiger partial charge in [0.05, 0.1) is 0 Å². The van der Waals surface area contributed by atoms with Gasteiger partial charge in [-0.3, -0.25) is 4.79 Å². The van der Waals surface area contributed by atoms with E-state index in [4.69, 9.17) is 4.74 Å². The fraction of sp³-hybridized carbons (Fsp3) is 0.667. The van der Waals surface area contributed by atoms with E-state index in [0.29, 0.717) is 13.0 Å². The maximum absolute atomic E-state index is 13.2. The fourth-order valence-electron chi connectivity index (χ4n) is 7.06. The predicted octanol–water partition coefficient (Wildman–Crippen LogP) is 4.33. The summed E-state index contributed by atoms with van der Waals surface area (Å²) in [7, 11) is 0. The Hall–Kier alpha value is -1.84. The summed E-state index contributed by atoms with van der Waals surface area (Å²) in [5.74, 6) is 2.51. The van der Waals surface area contributed by atoms with Gasteiger partial charge in [0.25, 0.3) is 0 Å². The van der Waals surface area contributed by atoms with Crippen molar-refractivity contribution in [1.82, 2.24) is 4.90 Å². The summed E-state index contributed by atoms with van der Waals surface area (Å²) < 4.78 is 5.55. The molecule has 1 aromatic rings. The summed E-state index contributed by atoms with van der Waals surface area (Å²) in [6.07, 6.45) is 10.2. The normalized spacial score (nSPS) is 35.9. The molecule has 1 unspecified atom stereocenters. The third-order valence-corrected chi connectivity index (χ3v) is 7.76. The number of benzene rings is 1. The van der Waals surface area contributed by atoms with Crippen molar-refractivity contribution in [2.45, 2.75) is 70.4 Å². The molecule has 4 saturated carbocycles. The van der Waals surface area contributed by atoms with Crippen LogP contribution in [-0.4, -0.2) is 29.4 Å². The summed E-state index contributed by atoms with van der Waals surface area (Å²) >= 11 is 0. The van der Waals surface area contributed by atoms with Crippen molar-refractivity contribution >= 4 is 11.9 Å². The summed E-state index contributed by atoms with van der Waals surface area (Å²) in [5, 5.41) is 0. The van der Waals surface area contributed by atoms with E-state index in [1.807, 2.05) is 35.2 Å². The lowest BCUT2D eigenvalue weighted by Gasteiger charge is -2.57. The van der Waals surface area contributed by atoms with Crippen molar-refractivity contribution in [3.63, 3.8) is 0 Å². The molecule has 150 valence electrons. The molecule has 4 nitrogen and oxygen atoms in total. The highest BCUT2D eigenvalue weighted by Gasteiger charge is 2.52. The van der Waals surface area contributed by atoms with E-state index in [2.05, 4.69) is 0 Å². The zero-order chi connectivity index (χ0) is 19.1. The molecule has 4 heteroatoms. The second-order valence-corrected chi connectivity index (χ2v) is 9.93. The fourth-order valence-corrected chi connectivity index (χ4v) is 7.06. The quantitative estimate of drug-likeness (QED) is 0.713. The molecular formula is C24H31NO3. The number of nitrogens with zero attached hydrogens (tertiary/aromatic N) is 1. The molecule has 0 radical (unpaired) electrons. The number of carbonyl (C=O) groups is 2. The Morgan fingerprint density at radius 2 is 1.64 bits per heavy atom. The molecule has 0 N–H and O–H groups in total. The van der Waals surface area contributed by atoms with Crippen molar-refractivity contribution in [3.8, 4) is 0 Å². The van der Waals surface area contributed by atoms with E-state index >= 15 is 0 Å². The Labute approximate surface area is 167 Å². The molecule has 5 fully saturated rings. The topological polar surface area (TPSA) is 46.6 Å². The van der Waals surface area contributed by atoms with Crippen LogP contribution >= 0.6 is 0 Å². The van der Waals surface area contributed by atoms with Crippen molar-refractivity contribution in [2.75, 3.05) is 6.54 Å². The van der Waals surface area contributed by atoms with Gasteiger partial charge in [-0.1, -0.05) is 30.3 Å². The highest BCUT2D eigenvalue weighted by Crippen LogP contribution is 2.61. The van der Waals surface area contributed by atoms with E-state index in [1.54, 1.807) is 0 Å². The highest BCUT2D eigenvalue weighted by atomic mass is 16.5. The van der Waals surface area contributed by atoms with Crippen LogP contribution in [0.3, 0.4) is 0 Å². The second-order valence-electron chi connectivity index (χ2n) is 9.93. The number of rotatable bonds is 5. The smallest absolute Gasteiger partial charge is 0.329 e. The zero-order valence-corrected chi connectivity index (χ0v) is 16.6. The summed E-state index contributed by atoms with van der Waals surface area (Å²) in [6.45, 7) is 0.990. The summed E-state index contributed by atoms with van der Waals surface area (Å²) in [5.41, 5.74) is 1.22. The van der Waals surface area contributed by atoms with Gasteiger partial charge in [-0.25, -0.2) is 4.79 Å². The first-order valence-electron chi connectivity index (χ1n) is 11.1. The number of ether oxygens (including phenoxy) is 1. The molecule has 1 aliphatic heterocycles. The molecule has 1 amide bonds. The van der Waals surface area contributed by atoms with Gasteiger partial charge in [-0.15, -0.1) is 0 Å². The Bertz CT molecular complexity index is 708. The number of esters is 1. The van der Waals surface area contributed by atoms with Crippen LogP contribution in [0.5, 0.6) is 0 Å². The van der Waals surface area contributed by atoms with Crippen LogP contribution in [0.4, 0.5) is 0 Å². The molecule has 0 spiro atoms. The van der Waals surface area contributed by atoms with Crippen molar-refractivity contribution in [3.05, 3.63) is 35.9 Å².